The van der Waals surface area contributed by atoms with E-state index in [1.165, 1.54) is 0 Å². The van der Waals surface area contributed by atoms with Crippen LogP contribution in [-0.4, -0.2) is 46.8 Å². The van der Waals surface area contributed by atoms with Gasteiger partial charge in [-0.25, -0.2) is 0 Å². The van der Waals surface area contributed by atoms with Gasteiger partial charge >= 0.3 is 0 Å². The highest BCUT2D eigenvalue weighted by Crippen LogP contribution is 2.23. The Bertz CT molecular complexity index is 514. The number of nitrogens with zero attached hydrogens (tertiary/aromatic N) is 1. The third-order valence-corrected chi connectivity index (χ3v) is 5.29. The van der Waals surface area contributed by atoms with E-state index in [1.54, 1.807) is 4.90 Å². The van der Waals surface area contributed by atoms with Gasteiger partial charge in [0.1, 0.15) is 6.04 Å². The van der Waals surface area contributed by atoms with E-state index >= 15 is 0 Å². The van der Waals surface area contributed by atoms with Crippen molar-refractivity contribution >= 4 is 23.6 Å². The zero-order valence-electron chi connectivity index (χ0n) is 12.0. The summed E-state index contributed by atoms with van der Waals surface area (Å²) < 4.78 is 0. The summed E-state index contributed by atoms with van der Waals surface area (Å²) in [5, 5.41) is 2.85. The SMILES string of the molecule is O=C1CN(C2CCCSC2)C(=O)C(Cc2ccccc2)N1. The second kappa shape index (κ2) is 6.52. The Kier molecular flexibility index (Phi) is 4.48. The van der Waals surface area contributed by atoms with Gasteiger partial charge in [0.25, 0.3) is 0 Å². The number of benzene rings is 1. The lowest BCUT2D eigenvalue weighted by molar-refractivity contribution is -0.146. The summed E-state index contributed by atoms with van der Waals surface area (Å²) in [6, 6.07) is 9.67. The number of hydrogen-bond donors (Lipinski definition) is 1. The van der Waals surface area contributed by atoms with Gasteiger partial charge in [0, 0.05) is 18.2 Å². The molecule has 2 amide bonds. The molecule has 2 aliphatic heterocycles. The highest BCUT2D eigenvalue weighted by atomic mass is 32.2. The van der Waals surface area contributed by atoms with E-state index in [1.807, 2.05) is 42.1 Å². The predicted molar refractivity (Wildman–Crippen MR) is 84.1 cm³/mol. The van der Waals surface area contributed by atoms with E-state index in [9.17, 15) is 9.59 Å². The van der Waals surface area contributed by atoms with Crippen LogP contribution < -0.4 is 5.32 Å². The molecule has 2 aliphatic rings. The summed E-state index contributed by atoms with van der Waals surface area (Å²) >= 11 is 1.88. The molecule has 0 aromatic heterocycles. The average Bonchev–Trinajstić information content (AvgIpc) is 2.52. The summed E-state index contributed by atoms with van der Waals surface area (Å²) in [6.07, 6.45) is 2.72. The molecule has 0 spiro atoms. The van der Waals surface area contributed by atoms with Crippen LogP contribution >= 0.6 is 11.8 Å². The van der Waals surface area contributed by atoms with Crippen LogP contribution in [0.5, 0.6) is 0 Å². The van der Waals surface area contributed by atoms with Gasteiger partial charge < -0.3 is 10.2 Å². The van der Waals surface area contributed by atoms with Crippen LogP contribution in [0.25, 0.3) is 0 Å². The van der Waals surface area contributed by atoms with E-state index in [4.69, 9.17) is 0 Å². The van der Waals surface area contributed by atoms with Gasteiger partial charge in [-0.05, 0) is 24.2 Å². The summed E-state index contributed by atoms with van der Waals surface area (Å²) in [6.45, 7) is 0.218. The van der Waals surface area contributed by atoms with Gasteiger partial charge in [0.15, 0.2) is 0 Å². The number of nitrogens with one attached hydrogen (secondary N) is 1. The maximum absolute atomic E-state index is 12.7. The lowest BCUT2D eigenvalue weighted by Gasteiger charge is -2.39. The molecule has 1 aromatic carbocycles. The molecule has 0 radical (unpaired) electrons. The first-order valence-corrected chi connectivity index (χ1v) is 8.61. The number of thioether (sulfide) groups is 1. The third-order valence-electron chi connectivity index (χ3n) is 4.09. The van der Waals surface area contributed by atoms with Gasteiger partial charge in [-0.2, -0.15) is 11.8 Å². The Morgan fingerprint density at radius 3 is 2.76 bits per heavy atom. The van der Waals surface area contributed by atoms with Gasteiger partial charge in [-0.3, -0.25) is 9.59 Å². The molecule has 1 aromatic rings. The highest BCUT2D eigenvalue weighted by Gasteiger charge is 2.36. The maximum atomic E-state index is 12.7. The predicted octanol–water partition coefficient (Wildman–Crippen LogP) is 1.45. The van der Waals surface area contributed by atoms with Crippen molar-refractivity contribution in [2.45, 2.75) is 31.3 Å². The van der Waals surface area contributed by atoms with Crippen molar-refractivity contribution in [3.05, 3.63) is 35.9 Å². The zero-order valence-corrected chi connectivity index (χ0v) is 12.8. The van der Waals surface area contributed by atoms with Crippen molar-refractivity contribution in [3.63, 3.8) is 0 Å². The van der Waals surface area contributed by atoms with Crippen LogP contribution in [0.1, 0.15) is 18.4 Å². The van der Waals surface area contributed by atoms with Crippen LogP contribution in [0.2, 0.25) is 0 Å². The van der Waals surface area contributed by atoms with Crippen molar-refractivity contribution in [2.24, 2.45) is 0 Å². The molecule has 2 saturated heterocycles. The molecule has 2 unspecified atom stereocenters. The molecule has 112 valence electrons. The Balaban J connectivity index is 1.72. The molecular weight excluding hydrogens is 284 g/mol. The average molecular weight is 304 g/mol. The number of piperazine rings is 1. The Morgan fingerprint density at radius 2 is 2.05 bits per heavy atom. The van der Waals surface area contributed by atoms with Gasteiger partial charge in [-0.1, -0.05) is 30.3 Å². The number of hydrogen-bond acceptors (Lipinski definition) is 3. The first-order chi connectivity index (χ1) is 10.2. The quantitative estimate of drug-likeness (QED) is 0.919. The van der Waals surface area contributed by atoms with Crippen LogP contribution in [-0.2, 0) is 16.0 Å². The number of carbonyl (C=O) groups excluding carboxylic acids is 2. The van der Waals surface area contributed by atoms with E-state index in [0.29, 0.717) is 6.42 Å². The number of amides is 2. The van der Waals surface area contributed by atoms with E-state index in [-0.39, 0.29) is 24.4 Å². The normalized spacial score (nSPS) is 26.6. The van der Waals surface area contributed by atoms with Crippen molar-refractivity contribution < 1.29 is 9.59 Å². The Labute approximate surface area is 129 Å². The minimum atomic E-state index is -0.416. The number of carbonyl (C=O) groups is 2. The second-order valence-electron chi connectivity index (χ2n) is 5.65. The van der Waals surface area contributed by atoms with Gasteiger partial charge in [0.2, 0.25) is 11.8 Å². The van der Waals surface area contributed by atoms with Crippen LogP contribution in [0, 0.1) is 0 Å². The van der Waals surface area contributed by atoms with Crippen molar-refractivity contribution in [1.82, 2.24) is 10.2 Å². The molecule has 5 heteroatoms. The van der Waals surface area contributed by atoms with Crippen molar-refractivity contribution in [2.75, 3.05) is 18.1 Å². The van der Waals surface area contributed by atoms with Gasteiger partial charge in [-0.15, -0.1) is 0 Å². The fourth-order valence-electron chi connectivity index (χ4n) is 3.00. The summed E-state index contributed by atoms with van der Waals surface area (Å²) in [7, 11) is 0. The molecule has 2 atom stereocenters. The molecule has 1 N–H and O–H groups in total. The van der Waals surface area contributed by atoms with Crippen molar-refractivity contribution in [3.8, 4) is 0 Å². The standard InChI is InChI=1S/C16H20N2O2S/c19-15-10-18(13-7-4-8-21-11-13)16(20)14(17-15)9-12-5-2-1-3-6-12/h1-3,5-6,13-14H,4,7-11H2,(H,17,19). The largest absolute Gasteiger partial charge is 0.342 e. The first-order valence-electron chi connectivity index (χ1n) is 7.45. The number of rotatable bonds is 3. The van der Waals surface area contributed by atoms with E-state index < -0.39 is 6.04 Å². The highest BCUT2D eigenvalue weighted by molar-refractivity contribution is 7.99. The molecule has 2 fully saturated rings. The van der Waals surface area contributed by atoms with E-state index in [2.05, 4.69) is 5.32 Å². The molecular formula is C16H20N2O2S. The molecule has 21 heavy (non-hydrogen) atoms. The Hall–Kier alpha value is -1.49. The first kappa shape index (κ1) is 14.4. The Morgan fingerprint density at radius 1 is 1.24 bits per heavy atom. The minimum absolute atomic E-state index is 0.0360. The molecule has 0 bridgehead atoms. The smallest absolute Gasteiger partial charge is 0.246 e. The maximum Gasteiger partial charge on any atom is 0.246 e. The lowest BCUT2D eigenvalue weighted by atomic mass is 10.0. The molecule has 4 nitrogen and oxygen atoms in total. The van der Waals surface area contributed by atoms with Crippen LogP contribution in [0.4, 0.5) is 0 Å². The molecule has 2 heterocycles. The fourth-order valence-corrected chi connectivity index (χ4v) is 4.16. The van der Waals surface area contributed by atoms with Crippen LogP contribution in [0.15, 0.2) is 30.3 Å². The third kappa shape index (κ3) is 3.40. The monoisotopic (exact) mass is 304 g/mol. The van der Waals surface area contributed by atoms with E-state index in [0.717, 1.165) is 29.9 Å². The molecule has 3 rings (SSSR count). The molecule has 0 saturated carbocycles. The second-order valence-corrected chi connectivity index (χ2v) is 6.80. The van der Waals surface area contributed by atoms with Crippen LogP contribution in [0.3, 0.4) is 0 Å². The topological polar surface area (TPSA) is 49.4 Å². The summed E-state index contributed by atoms with van der Waals surface area (Å²) in [5.74, 6) is 2.16. The van der Waals surface area contributed by atoms with Crippen molar-refractivity contribution in [1.29, 1.82) is 0 Å². The summed E-state index contributed by atoms with van der Waals surface area (Å²) in [4.78, 5) is 26.4. The lowest BCUT2D eigenvalue weighted by Crippen LogP contribution is -2.62. The minimum Gasteiger partial charge on any atom is -0.342 e. The van der Waals surface area contributed by atoms with Gasteiger partial charge in [0.05, 0.1) is 6.54 Å². The molecule has 0 aliphatic carbocycles. The summed E-state index contributed by atoms with van der Waals surface area (Å²) in [5.41, 5.74) is 1.08. The zero-order chi connectivity index (χ0) is 14.7. The fraction of sp³-hybridized carbons (Fsp3) is 0.500.